The summed E-state index contributed by atoms with van der Waals surface area (Å²) in [6, 6.07) is 15.7. The molecule has 162 valence electrons. The maximum Gasteiger partial charge on any atom is 0.166 e. The fraction of sp³-hybridized carbons (Fsp3) is 0.458. The molecular weight excluding hydrogens is 394 g/mol. The molecule has 0 amide bonds. The lowest BCUT2D eigenvalue weighted by atomic mass is 9.87. The van der Waals surface area contributed by atoms with Crippen molar-refractivity contribution in [1.82, 2.24) is 10.6 Å². The maximum atomic E-state index is 5.62. The second-order valence-electron chi connectivity index (χ2n) is 8.27. The van der Waals surface area contributed by atoms with Crippen molar-refractivity contribution in [2.75, 3.05) is 20.8 Å². The van der Waals surface area contributed by atoms with E-state index < -0.39 is 0 Å². The van der Waals surface area contributed by atoms with E-state index in [1.807, 2.05) is 0 Å². The van der Waals surface area contributed by atoms with Crippen LogP contribution in [0.3, 0.4) is 0 Å². The number of ether oxygens (including phenoxy) is 2. The molecule has 0 aliphatic carbocycles. The van der Waals surface area contributed by atoms with Crippen LogP contribution >= 0.6 is 12.2 Å². The van der Waals surface area contributed by atoms with Crippen molar-refractivity contribution < 1.29 is 14.4 Å². The molecule has 0 bridgehead atoms. The first-order valence-corrected chi connectivity index (χ1v) is 11.0. The summed E-state index contributed by atoms with van der Waals surface area (Å²) in [5.41, 5.74) is 3.97. The van der Waals surface area contributed by atoms with E-state index in [1.54, 1.807) is 14.2 Å². The van der Waals surface area contributed by atoms with Crippen LogP contribution in [0.5, 0.6) is 11.5 Å². The molecule has 3 atom stereocenters. The Kier molecular flexibility index (Phi) is 7.56. The minimum atomic E-state index is 0.152. The van der Waals surface area contributed by atoms with Crippen LogP contribution in [0.4, 0.5) is 0 Å². The Hall–Kier alpha value is -2.31. The van der Waals surface area contributed by atoms with Crippen molar-refractivity contribution >= 4 is 17.3 Å². The highest BCUT2D eigenvalue weighted by Crippen LogP contribution is 2.35. The Morgan fingerprint density at radius 3 is 2.37 bits per heavy atom. The molecule has 0 spiro atoms. The van der Waals surface area contributed by atoms with Gasteiger partial charge in [0.15, 0.2) is 16.6 Å². The Labute approximate surface area is 185 Å². The number of rotatable bonds is 7. The van der Waals surface area contributed by atoms with Crippen LogP contribution in [0.2, 0.25) is 0 Å². The van der Waals surface area contributed by atoms with E-state index in [0.29, 0.717) is 11.2 Å². The zero-order valence-corrected chi connectivity index (χ0v) is 19.4. The monoisotopic (exact) mass is 428 g/mol. The summed E-state index contributed by atoms with van der Waals surface area (Å²) in [5.74, 6) is 1.57. The Morgan fingerprint density at radius 2 is 1.73 bits per heavy atom. The largest absolute Gasteiger partial charge is 0.493 e. The molecule has 0 saturated carbocycles. The van der Waals surface area contributed by atoms with Crippen LogP contribution in [-0.2, 0) is 13.0 Å². The summed E-state index contributed by atoms with van der Waals surface area (Å²) in [6.07, 6.45) is 1.01. The fourth-order valence-electron chi connectivity index (χ4n) is 4.39. The second-order valence-corrected chi connectivity index (χ2v) is 8.67. The van der Waals surface area contributed by atoms with Crippen LogP contribution in [-0.4, -0.2) is 38.0 Å². The van der Waals surface area contributed by atoms with Crippen molar-refractivity contribution in [1.29, 1.82) is 0 Å². The van der Waals surface area contributed by atoms with E-state index in [0.717, 1.165) is 31.0 Å². The van der Waals surface area contributed by atoms with Gasteiger partial charge >= 0.3 is 0 Å². The molecule has 30 heavy (non-hydrogen) atoms. The van der Waals surface area contributed by atoms with Gasteiger partial charge in [-0.15, -0.1) is 0 Å². The van der Waals surface area contributed by atoms with Gasteiger partial charge in [-0.05, 0) is 50.7 Å². The Balaban J connectivity index is 1.95. The first kappa shape index (κ1) is 22.4. The summed E-state index contributed by atoms with van der Waals surface area (Å²) >= 11 is 5.55. The molecule has 3 N–H and O–H groups in total. The van der Waals surface area contributed by atoms with Crippen molar-refractivity contribution in [2.24, 2.45) is 0 Å². The van der Waals surface area contributed by atoms with Gasteiger partial charge in [0.05, 0.1) is 26.8 Å². The Morgan fingerprint density at radius 1 is 1.07 bits per heavy atom. The van der Waals surface area contributed by atoms with Crippen molar-refractivity contribution in [3.05, 3.63) is 59.2 Å². The average molecular weight is 429 g/mol. The number of nitrogens with one attached hydrogen (secondary N) is 3. The van der Waals surface area contributed by atoms with E-state index in [2.05, 4.69) is 73.9 Å². The molecule has 6 heteroatoms. The smallest absolute Gasteiger partial charge is 0.166 e. The zero-order valence-electron chi connectivity index (χ0n) is 18.6. The topological polar surface area (TPSA) is 47.0 Å². The highest BCUT2D eigenvalue weighted by atomic mass is 32.1. The van der Waals surface area contributed by atoms with Crippen molar-refractivity contribution in [3.8, 4) is 11.5 Å². The quantitative estimate of drug-likeness (QED) is 0.592. The van der Waals surface area contributed by atoms with E-state index in [-0.39, 0.29) is 12.1 Å². The molecule has 1 aliphatic heterocycles. The highest BCUT2D eigenvalue weighted by Gasteiger charge is 2.36. The third kappa shape index (κ3) is 5.24. The fourth-order valence-corrected chi connectivity index (χ4v) is 4.81. The molecule has 5 nitrogen and oxygen atoms in total. The molecule has 3 rings (SSSR count). The van der Waals surface area contributed by atoms with Gasteiger partial charge in [0.25, 0.3) is 0 Å². The van der Waals surface area contributed by atoms with E-state index in [4.69, 9.17) is 21.7 Å². The summed E-state index contributed by atoms with van der Waals surface area (Å²) in [6.45, 7) is 8.43. The van der Waals surface area contributed by atoms with Gasteiger partial charge < -0.3 is 25.0 Å². The predicted molar refractivity (Wildman–Crippen MR) is 125 cm³/mol. The number of hydrogen-bond donors (Lipinski definition) is 3. The van der Waals surface area contributed by atoms with Crippen molar-refractivity contribution in [3.63, 3.8) is 0 Å². The maximum absolute atomic E-state index is 5.62. The minimum Gasteiger partial charge on any atom is -0.493 e. The number of thiocarbonyl (C=S) groups is 1. The van der Waals surface area contributed by atoms with Gasteiger partial charge in [0, 0.05) is 23.6 Å². The SMILES string of the molecule is COc1cc2c(cc1OC)[C@H]([C@H](C)NC(=S)NC(C)C)[NH+](Cc1ccccc1)CC2. The van der Waals surface area contributed by atoms with Crippen LogP contribution in [0.15, 0.2) is 42.5 Å². The van der Waals surface area contributed by atoms with Gasteiger partial charge in [0.1, 0.15) is 12.6 Å². The first-order chi connectivity index (χ1) is 14.4. The molecule has 1 heterocycles. The molecule has 0 aromatic heterocycles. The molecule has 2 aromatic carbocycles. The van der Waals surface area contributed by atoms with E-state index >= 15 is 0 Å². The van der Waals surface area contributed by atoms with Crippen LogP contribution < -0.4 is 25.0 Å². The highest BCUT2D eigenvalue weighted by molar-refractivity contribution is 7.80. The lowest BCUT2D eigenvalue weighted by molar-refractivity contribution is -0.948. The van der Waals surface area contributed by atoms with Gasteiger partial charge in [-0.2, -0.15) is 0 Å². The van der Waals surface area contributed by atoms with Crippen molar-refractivity contribution in [2.45, 2.75) is 51.9 Å². The lowest BCUT2D eigenvalue weighted by Crippen LogP contribution is -3.13. The van der Waals surface area contributed by atoms with Gasteiger partial charge in [-0.25, -0.2) is 0 Å². The number of quaternary nitrogens is 1. The van der Waals surface area contributed by atoms with E-state index in [9.17, 15) is 0 Å². The predicted octanol–water partition coefficient (Wildman–Crippen LogP) is 2.65. The third-order valence-corrected chi connectivity index (χ3v) is 5.92. The normalized spacial score (nSPS) is 19.0. The molecule has 2 aromatic rings. The standard InChI is InChI=1S/C24H33N3O2S/c1-16(2)25-24(30)26-17(3)23-20-14-22(29-5)21(28-4)13-19(20)11-12-27(23)15-18-9-7-6-8-10-18/h6-10,13-14,16-17,23H,11-12,15H2,1-5H3,(H2,25,26,30)/p+1/t17-,23-/m0/s1. The van der Waals surface area contributed by atoms with Gasteiger partial charge in [0.2, 0.25) is 0 Å². The number of methoxy groups -OCH3 is 2. The summed E-state index contributed by atoms with van der Waals surface area (Å²) in [7, 11) is 3.39. The molecule has 1 unspecified atom stereocenters. The molecule has 1 aliphatic rings. The molecular formula is C24H34N3O2S+. The summed E-state index contributed by atoms with van der Waals surface area (Å²) < 4.78 is 11.2. The van der Waals surface area contributed by atoms with Crippen LogP contribution in [0.25, 0.3) is 0 Å². The molecule has 0 radical (unpaired) electrons. The second kappa shape index (κ2) is 10.1. The summed E-state index contributed by atoms with van der Waals surface area (Å²) in [5, 5.41) is 7.54. The third-order valence-electron chi connectivity index (χ3n) is 5.69. The number of fused-ring (bicyclic) bond motifs is 1. The van der Waals surface area contributed by atoms with Crippen LogP contribution in [0.1, 0.15) is 43.5 Å². The minimum absolute atomic E-state index is 0.152. The zero-order chi connectivity index (χ0) is 21.7. The van der Waals surface area contributed by atoms with E-state index in [1.165, 1.54) is 21.6 Å². The molecule has 0 fully saturated rings. The van der Waals surface area contributed by atoms with Crippen LogP contribution in [0, 0.1) is 0 Å². The summed E-state index contributed by atoms with van der Waals surface area (Å²) in [4.78, 5) is 1.52. The Bertz CT molecular complexity index is 857. The van der Waals surface area contributed by atoms with Gasteiger partial charge in [-0.1, -0.05) is 30.3 Å². The number of hydrogen-bond acceptors (Lipinski definition) is 3. The number of benzene rings is 2. The molecule has 0 saturated heterocycles. The van der Waals surface area contributed by atoms with Gasteiger partial charge in [-0.3, -0.25) is 0 Å². The first-order valence-electron chi connectivity index (χ1n) is 10.6. The average Bonchev–Trinajstić information content (AvgIpc) is 2.72. The lowest BCUT2D eigenvalue weighted by Gasteiger charge is -2.38.